The van der Waals surface area contributed by atoms with Crippen LogP contribution in [-0.4, -0.2) is 7.05 Å². The van der Waals surface area contributed by atoms with Crippen molar-refractivity contribution in [3.05, 3.63) is 51.5 Å². The lowest BCUT2D eigenvalue weighted by atomic mass is 10.0. The van der Waals surface area contributed by atoms with Gasteiger partial charge in [-0.3, -0.25) is 0 Å². The third kappa shape index (κ3) is 2.71. The highest BCUT2D eigenvalue weighted by atomic mass is 32.1. The van der Waals surface area contributed by atoms with Gasteiger partial charge in [0.05, 0.1) is 0 Å². The topological polar surface area (TPSA) is 38.0 Å². The molecule has 18 heavy (non-hydrogen) atoms. The number of hydrogen-bond acceptors (Lipinski definition) is 3. The summed E-state index contributed by atoms with van der Waals surface area (Å²) in [5.74, 6) is -0.239. The van der Waals surface area contributed by atoms with Gasteiger partial charge in [0.25, 0.3) is 0 Å². The fraction of sp³-hybridized carbons (Fsp3) is 0.286. The second-order valence-electron chi connectivity index (χ2n) is 4.36. The van der Waals surface area contributed by atoms with Crippen LogP contribution < -0.4 is 11.1 Å². The van der Waals surface area contributed by atoms with Crippen LogP contribution in [0.4, 0.5) is 10.1 Å². The molecule has 2 aromatic rings. The first-order valence-corrected chi connectivity index (χ1v) is 6.75. The monoisotopic (exact) mass is 264 g/mol. The summed E-state index contributed by atoms with van der Waals surface area (Å²) in [5, 5.41) is 5.35. The quantitative estimate of drug-likeness (QED) is 0.832. The Morgan fingerprint density at radius 1 is 1.39 bits per heavy atom. The maximum Gasteiger partial charge on any atom is 0.123 e. The van der Waals surface area contributed by atoms with Crippen molar-refractivity contribution in [1.29, 1.82) is 0 Å². The molecular formula is C14H17FN2S. The van der Waals surface area contributed by atoms with Gasteiger partial charge in [-0.25, -0.2) is 4.39 Å². The Kier molecular flexibility index (Phi) is 3.99. The molecule has 0 aliphatic rings. The fourth-order valence-corrected chi connectivity index (χ4v) is 3.08. The summed E-state index contributed by atoms with van der Waals surface area (Å²) in [6.45, 7) is 2.09. The van der Waals surface area contributed by atoms with Gasteiger partial charge in [-0.05, 0) is 61.2 Å². The van der Waals surface area contributed by atoms with E-state index in [2.05, 4.69) is 23.7 Å². The Labute approximate surface area is 111 Å². The van der Waals surface area contributed by atoms with E-state index >= 15 is 0 Å². The minimum absolute atomic E-state index is 0.175. The molecule has 1 aromatic carbocycles. The smallest absolute Gasteiger partial charge is 0.123 e. The third-order valence-electron chi connectivity index (χ3n) is 3.10. The highest BCUT2D eigenvalue weighted by molar-refractivity contribution is 7.10. The second-order valence-corrected chi connectivity index (χ2v) is 5.30. The van der Waals surface area contributed by atoms with Gasteiger partial charge in [0.2, 0.25) is 0 Å². The zero-order valence-electron chi connectivity index (χ0n) is 10.5. The van der Waals surface area contributed by atoms with Crippen molar-refractivity contribution < 1.29 is 4.39 Å². The van der Waals surface area contributed by atoms with Crippen LogP contribution in [0.1, 0.15) is 22.0 Å². The molecule has 1 heterocycles. The molecule has 0 bridgehead atoms. The van der Waals surface area contributed by atoms with Crippen LogP contribution in [0.2, 0.25) is 0 Å². The zero-order valence-corrected chi connectivity index (χ0v) is 11.4. The Morgan fingerprint density at radius 3 is 2.78 bits per heavy atom. The molecule has 2 nitrogen and oxygen atoms in total. The largest absolute Gasteiger partial charge is 0.399 e. The number of halogens is 1. The number of nitrogen functional groups attached to an aromatic ring is 1. The van der Waals surface area contributed by atoms with Gasteiger partial charge in [-0.2, -0.15) is 0 Å². The van der Waals surface area contributed by atoms with E-state index in [0.29, 0.717) is 12.1 Å². The molecule has 96 valence electrons. The van der Waals surface area contributed by atoms with Gasteiger partial charge in [-0.15, -0.1) is 11.3 Å². The van der Waals surface area contributed by atoms with Gasteiger partial charge < -0.3 is 11.1 Å². The molecule has 0 aliphatic heterocycles. The third-order valence-corrected chi connectivity index (χ3v) is 4.23. The predicted octanol–water partition coefficient (Wildman–Crippen LogP) is 3.28. The highest BCUT2D eigenvalue weighted by Gasteiger charge is 2.15. The zero-order chi connectivity index (χ0) is 13.1. The molecule has 0 saturated carbocycles. The first-order chi connectivity index (χ1) is 8.61. The first kappa shape index (κ1) is 13.1. The minimum Gasteiger partial charge on any atom is -0.399 e. The van der Waals surface area contributed by atoms with Crippen molar-refractivity contribution in [2.45, 2.75) is 19.4 Å². The summed E-state index contributed by atoms with van der Waals surface area (Å²) in [5.41, 5.74) is 8.64. The van der Waals surface area contributed by atoms with Gasteiger partial charge >= 0.3 is 0 Å². The number of thiophene rings is 1. The van der Waals surface area contributed by atoms with Crippen LogP contribution in [0.25, 0.3) is 0 Å². The summed E-state index contributed by atoms with van der Waals surface area (Å²) in [4.78, 5) is 1.28. The van der Waals surface area contributed by atoms with E-state index in [9.17, 15) is 4.39 Å². The molecule has 4 heteroatoms. The van der Waals surface area contributed by atoms with Crippen LogP contribution in [-0.2, 0) is 6.42 Å². The molecule has 2 rings (SSSR count). The molecule has 0 radical (unpaired) electrons. The second kappa shape index (κ2) is 5.50. The molecule has 1 atom stereocenters. The lowest BCUT2D eigenvalue weighted by molar-refractivity contribution is 0.591. The number of nitrogens with one attached hydrogen (secondary N) is 1. The summed E-state index contributed by atoms with van der Waals surface area (Å²) < 4.78 is 13.2. The number of rotatable bonds is 4. The van der Waals surface area contributed by atoms with E-state index in [1.807, 2.05) is 7.05 Å². The number of likely N-dealkylation sites (N-methyl/N-ethyl adjacent to an activating group) is 1. The molecule has 3 N–H and O–H groups in total. The molecule has 0 fully saturated rings. The molecule has 0 aliphatic carbocycles. The fourth-order valence-electron chi connectivity index (χ4n) is 2.04. The number of benzene rings is 1. The summed E-state index contributed by atoms with van der Waals surface area (Å²) in [6, 6.07) is 6.80. The predicted molar refractivity (Wildman–Crippen MR) is 75.4 cm³/mol. The van der Waals surface area contributed by atoms with Crippen LogP contribution in [0, 0.1) is 12.7 Å². The van der Waals surface area contributed by atoms with Crippen molar-refractivity contribution in [2.75, 3.05) is 12.8 Å². The lowest BCUT2D eigenvalue weighted by Gasteiger charge is -2.17. The van der Waals surface area contributed by atoms with Crippen molar-refractivity contribution in [2.24, 2.45) is 0 Å². The van der Waals surface area contributed by atoms with Crippen molar-refractivity contribution in [3.8, 4) is 0 Å². The first-order valence-electron chi connectivity index (χ1n) is 5.87. The van der Waals surface area contributed by atoms with E-state index in [1.54, 1.807) is 17.4 Å². The van der Waals surface area contributed by atoms with Gasteiger partial charge in [0.1, 0.15) is 5.82 Å². The van der Waals surface area contributed by atoms with E-state index < -0.39 is 0 Å². The molecule has 1 aromatic heterocycles. The van der Waals surface area contributed by atoms with Gasteiger partial charge in [-0.1, -0.05) is 0 Å². The SMILES string of the molecule is CNC(Cc1cc(F)ccc1N)c1sccc1C. The summed E-state index contributed by atoms with van der Waals surface area (Å²) in [7, 11) is 1.92. The maximum atomic E-state index is 13.2. The van der Waals surface area contributed by atoms with Crippen molar-refractivity contribution in [1.82, 2.24) is 5.32 Å². The Hall–Kier alpha value is -1.39. The number of nitrogens with two attached hydrogens (primary N) is 1. The number of aryl methyl sites for hydroxylation is 1. The molecule has 0 saturated heterocycles. The van der Waals surface area contributed by atoms with Crippen LogP contribution in [0.5, 0.6) is 0 Å². The lowest BCUT2D eigenvalue weighted by Crippen LogP contribution is -2.19. The van der Waals surface area contributed by atoms with E-state index in [1.165, 1.54) is 22.6 Å². The standard InChI is InChI=1S/C14H17FN2S/c1-9-5-6-18-14(9)13(17-2)8-10-7-11(15)3-4-12(10)16/h3-7,13,17H,8,16H2,1-2H3. The van der Waals surface area contributed by atoms with Crippen molar-refractivity contribution >= 4 is 17.0 Å². The van der Waals surface area contributed by atoms with Gasteiger partial charge in [0.15, 0.2) is 0 Å². The van der Waals surface area contributed by atoms with Crippen LogP contribution in [0.15, 0.2) is 29.6 Å². The average Bonchev–Trinajstić information content (AvgIpc) is 2.77. The highest BCUT2D eigenvalue weighted by Crippen LogP contribution is 2.28. The van der Waals surface area contributed by atoms with Gasteiger partial charge in [0, 0.05) is 16.6 Å². The Morgan fingerprint density at radius 2 is 2.17 bits per heavy atom. The molecular weight excluding hydrogens is 247 g/mol. The van der Waals surface area contributed by atoms with Crippen LogP contribution >= 0.6 is 11.3 Å². The van der Waals surface area contributed by atoms with Crippen LogP contribution in [0.3, 0.4) is 0 Å². The minimum atomic E-state index is -0.239. The number of anilines is 1. The maximum absolute atomic E-state index is 13.2. The Balaban J connectivity index is 2.26. The summed E-state index contributed by atoms with van der Waals surface area (Å²) >= 11 is 1.71. The summed E-state index contributed by atoms with van der Waals surface area (Å²) in [6.07, 6.45) is 0.696. The Bertz CT molecular complexity index is 536. The van der Waals surface area contributed by atoms with E-state index in [4.69, 9.17) is 5.73 Å². The molecule has 1 unspecified atom stereocenters. The van der Waals surface area contributed by atoms with E-state index in [0.717, 1.165) is 5.56 Å². The normalized spacial score (nSPS) is 12.6. The average molecular weight is 264 g/mol. The number of hydrogen-bond donors (Lipinski definition) is 2. The van der Waals surface area contributed by atoms with E-state index in [-0.39, 0.29) is 11.9 Å². The molecule has 0 spiro atoms. The van der Waals surface area contributed by atoms with Crippen molar-refractivity contribution in [3.63, 3.8) is 0 Å². The molecule has 0 amide bonds.